The Balaban J connectivity index is 1.74. The van der Waals surface area contributed by atoms with E-state index in [1.807, 2.05) is 37.3 Å². The number of anilines is 1. The Morgan fingerprint density at radius 3 is 2.73 bits per heavy atom. The number of hydrogen-bond acceptors (Lipinski definition) is 4. The number of hydrogen-bond donors (Lipinski definition) is 0. The van der Waals surface area contributed by atoms with Gasteiger partial charge < -0.3 is 4.90 Å². The Bertz CT molecular complexity index is 1090. The summed E-state index contributed by atoms with van der Waals surface area (Å²) in [6, 6.07) is 15.9. The lowest BCUT2D eigenvalue weighted by Gasteiger charge is -2.32. The summed E-state index contributed by atoms with van der Waals surface area (Å²) in [4.78, 5) is 7.39. The molecule has 0 saturated heterocycles. The highest BCUT2D eigenvalue weighted by Gasteiger charge is 2.20. The zero-order valence-electron chi connectivity index (χ0n) is 15.1. The van der Waals surface area contributed by atoms with Crippen LogP contribution in [-0.2, 0) is 22.8 Å². The van der Waals surface area contributed by atoms with Crippen molar-refractivity contribution >= 4 is 26.4 Å². The Kier molecular flexibility index (Phi) is 4.19. The van der Waals surface area contributed by atoms with Crippen molar-refractivity contribution in [3.63, 3.8) is 0 Å². The van der Waals surface area contributed by atoms with E-state index >= 15 is 0 Å². The standard InChI is InChI=1S/C21H22N2O2S/c1-15-12-17(19-7-3-4-8-20(19)22-15)14-23-11-5-6-16-13-18(26(2,24)25)9-10-21(16)23/h3-4,7-10,12-13H,5-6,11,14H2,1-2H3. The van der Waals surface area contributed by atoms with Gasteiger partial charge in [-0.25, -0.2) is 8.42 Å². The summed E-state index contributed by atoms with van der Waals surface area (Å²) in [5.74, 6) is 0. The molecule has 0 amide bonds. The minimum absolute atomic E-state index is 0.406. The van der Waals surface area contributed by atoms with Crippen LogP contribution in [-0.4, -0.2) is 26.2 Å². The molecule has 0 atom stereocenters. The van der Waals surface area contributed by atoms with Crippen molar-refractivity contribution in [2.24, 2.45) is 0 Å². The molecule has 1 aliphatic heterocycles. The molecular formula is C21H22N2O2S. The molecule has 0 radical (unpaired) electrons. The summed E-state index contributed by atoms with van der Waals surface area (Å²) >= 11 is 0. The van der Waals surface area contributed by atoms with Gasteiger partial charge in [0, 0.05) is 36.1 Å². The number of fused-ring (bicyclic) bond motifs is 2. The first-order chi connectivity index (χ1) is 12.4. The first-order valence-corrected chi connectivity index (χ1v) is 10.7. The molecule has 2 aromatic carbocycles. The average molecular weight is 366 g/mol. The predicted molar refractivity (Wildman–Crippen MR) is 105 cm³/mol. The summed E-state index contributed by atoms with van der Waals surface area (Å²) in [6.07, 6.45) is 3.22. The van der Waals surface area contributed by atoms with Crippen LogP contribution in [0.2, 0.25) is 0 Å². The van der Waals surface area contributed by atoms with Crippen LogP contribution < -0.4 is 4.90 Å². The largest absolute Gasteiger partial charge is 0.367 e. The molecule has 0 saturated carbocycles. The van der Waals surface area contributed by atoms with E-state index in [0.717, 1.165) is 48.4 Å². The van der Waals surface area contributed by atoms with Crippen molar-refractivity contribution in [2.75, 3.05) is 17.7 Å². The van der Waals surface area contributed by atoms with Crippen LogP contribution in [0.4, 0.5) is 5.69 Å². The fourth-order valence-corrected chi connectivity index (χ4v) is 4.45. The van der Waals surface area contributed by atoms with Gasteiger partial charge in [-0.1, -0.05) is 18.2 Å². The second-order valence-electron chi connectivity index (χ2n) is 7.03. The van der Waals surface area contributed by atoms with Gasteiger partial charge in [0.25, 0.3) is 0 Å². The highest BCUT2D eigenvalue weighted by molar-refractivity contribution is 7.90. The van der Waals surface area contributed by atoms with Crippen LogP contribution in [0.15, 0.2) is 53.4 Å². The molecule has 0 unspecified atom stereocenters. The van der Waals surface area contributed by atoms with Gasteiger partial charge in [0.15, 0.2) is 9.84 Å². The Morgan fingerprint density at radius 2 is 1.92 bits per heavy atom. The zero-order valence-corrected chi connectivity index (χ0v) is 15.9. The third kappa shape index (κ3) is 3.19. The van der Waals surface area contributed by atoms with E-state index < -0.39 is 9.84 Å². The van der Waals surface area contributed by atoms with E-state index in [1.165, 1.54) is 17.2 Å². The predicted octanol–water partition coefficient (Wildman–Crippen LogP) is 3.90. The molecule has 0 N–H and O–H groups in total. The molecule has 3 aromatic rings. The van der Waals surface area contributed by atoms with Crippen molar-refractivity contribution in [1.29, 1.82) is 0 Å². The summed E-state index contributed by atoms with van der Waals surface area (Å²) in [6.45, 7) is 3.80. The molecule has 4 rings (SSSR count). The maximum absolute atomic E-state index is 11.9. The van der Waals surface area contributed by atoms with Gasteiger partial charge >= 0.3 is 0 Å². The third-order valence-electron chi connectivity index (χ3n) is 4.99. The Hall–Kier alpha value is -2.40. The molecule has 1 aromatic heterocycles. The highest BCUT2D eigenvalue weighted by Crippen LogP contribution is 2.31. The van der Waals surface area contributed by atoms with Crippen molar-refractivity contribution in [3.05, 3.63) is 65.4 Å². The summed E-state index contributed by atoms with van der Waals surface area (Å²) in [7, 11) is -3.17. The quantitative estimate of drug-likeness (QED) is 0.705. The van der Waals surface area contributed by atoms with Gasteiger partial charge in [-0.3, -0.25) is 4.98 Å². The van der Waals surface area contributed by atoms with E-state index in [1.54, 1.807) is 6.07 Å². The van der Waals surface area contributed by atoms with Gasteiger partial charge in [-0.15, -0.1) is 0 Å². The average Bonchev–Trinajstić information content (AvgIpc) is 2.60. The monoisotopic (exact) mass is 366 g/mol. The van der Waals surface area contributed by atoms with E-state index in [0.29, 0.717) is 4.90 Å². The number of aromatic nitrogens is 1. The Morgan fingerprint density at radius 1 is 1.12 bits per heavy atom. The van der Waals surface area contributed by atoms with Crippen molar-refractivity contribution in [2.45, 2.75) is 31.2 Å². The van der Waals surface area contributed by atoms with E-state index in [2.05, 4.69) is 22.0 Å². The van der Waals surface area contributed by atoms with Crippen LogP contribution in [0, 0.1) is 6.92 Å². The molecule has 2 heterocycles. The molecule has 0 bridgehead atoms. The second kappa shape index (κ2) is 6.40. The minimum Gasteiger partial charge on any atom is -0.367 e. The van der Waals surface area contributed by atoms with Crippen molar-refractivity contribution in [3.8, 4) is 0 Å². The molecule has 4 nitrogen and oxygen atoms in total. The first kappa shape index (κ1) is 17.0. The van der Waals surface area contributed by atoms with Gasteiger partial charge in [-0.2, -0.15) is 0 Å². The maximum Gasteiger partial charge on any atom is 0.175 e. The zero-order chi connectivity index (χ0) is 18.3. The number of para-hydroxylation sites is 1. The molecule has 5 heteroatoms. The third-order valence-corrected chi connectivity index (χ3v) is 6.10. The van der Waals surface area contributed by atoms with E-state index in [-0.39, 0.29) is 0 Å². The molecule has 0 fully saturated rings. The topological polar surface area (TPSA) is 50.3 Å². The minimum atomic E-state index is -3.17. The number of pyridine rings is 1. The lowest BCUT2D eigenvalue weighted by atomic mass is 10.00. The smallest absolute Gasteiger partial charge is 0.175 e. The van der Waals surface area contributed by atoms with E-state index in [4.69, 9.17) is 0 Å². The first-order valence-electron chi connectivity index (χ1n) is 8.85. The van der Waals surface area contributed by atoms with E-state index in [9.17, 15) is 8.42 Å². The van der Waals surface area contributed by atoms with Crippen molar-refractivity contribution < 1.29 is 8.42 Å². The SMILES string of the molecule is Cc1cc(CN2CCCc3cc(S(C)(=O)=O)ccc32)c2ccccc2n1. The van der Waals surface area contributed by atoms with Crippen LogP contribution >= 0.6 is 0 Å². The number of sulfone groups is 1. The summed E-state index contributed by atoms with van der Waals surface area (Å²) in [5, 5.41) is 1.18. The molecule has 134 valence electrons. The van der Waals surface area contributed by atoms with Gasteiger partial charge in [0.1, 0.15) is 0 Å². The second-order valence-corrected chi connectivity index (χ2v) is 9.04. The number of benzene rings is 2. The van der Waals surface area contributed by atoms with Crippen LogP contribution in [0.1, 0.15) is 23.2 Å². The summed E-state index contributed by atoms with van der Waals surface area (Å²) in [5.41, 5.74) is 5.56. The van der Waals surface area contributed by atoms with Gasteiger partial charge in [0.2, 0.25) is 0 Å². The number of nitrogens with zero attached hydrogens (tertiary/aromatic N) is 2. The lowest BCUT2D eigenvalue weighted by molar-refractivity contribution is 0.601. The van der Waals surface area contributed by atoms with Crippen LogP contribution in [0.25, 0.3) is 10.9 Å². The fraction of sp³-hybridized carbons (Fsp3) is 0.286. The van der Waals surface area contributed by atoms with Gasteiger partial charge in [-0.05, 0) is 61.2 Å². The molecular weight excluding hydrogens is 344 g/mol. The fourth-order valence-electron chi connectivity index (χ4n) is 3.78. The lowest BCUT2D eigenvalue weighted by Crippen LogP contribution is -2.29. The molecule has 0 spiro atoms. The number of aryl methyl sites for hydroxylation is 2. The molecule has 1 aliphatic rings. The molecule has 0 aliphatic carbocycles. The maximum atomic E-state index is 11.9. The van der Waals surface area contributed by atoms with Crippen LogP contribution in [0.5, 0.6) is 0 Å². The van der Waals surface area contributed by atoms with Crippen molar-refractivity contribution in [1.82, 2.24) is 4.98 Å². The summed E-state index contributed by atoms with van der Waals surface area (Å²) < 4.78 is 23.7. The normalized spacial score (nSPS) is 14.5. The number of rotatable bonds is 3. The van der Waals surface area contributed by atoms with Crippen LogP contribution in [0.3, 0.4) is 0 Å². The molecule has 26 heavy (non-hydrogen) atoms. The van der Waals surface area contributed by atoms with Gasteiger partial charge in [0.05, 0.1) is 10.4 Å². The highest BCUT2D eigenvalue weighted by atomic mass is 32.2. The Labute approximate surface area is 154 Å².